The van der Waals surface area contributed by atoms with Gasteiger partial charge in [0, 0.05) is 9.99 Å². The maximum absolute atomic E-state index is 5.39. The van der Waals surface area contributed by atoms with Crippen molar-refractivity contribution in [3.63, 3.8) is 0 Å². The first-order chi connectivity index (χ1) is 6.34. The second-order valence-corrected chi connectivity index (χ2v) is 3.76. The zero-order valence-corrected chi connectivity index (χ0v) is 9.45. The Morgan fingerprint density at radius 1 is 1.38 bits per heavy atom. The van der Waals surface area contributed by atoms with E-state index in [1.807, 2.05) is 12.1 Å². The Morgan fingerprint density at radius 3 is 2.85 bits per heavy atom. The van der Waals surface area contributed by atoms with Gasteiger partial charge >= 0.3 is 0 Å². The highest BCUT2D eigenvalue weighted by Gasteiger charge is 1.96. The summed E-state index contributed by atoms with van der Waals surface area (Å²) in [6.45, 7) is 1.29. The molecule has 0 aliphatic heterocycles. The van der Waals surface area contributed by atoms with Gasteiger partial charge in [0.2, 0.25) is 0 Å². The molecule has 0 saturated carbocycles. The lowest BCUT2D eigenvalue weighted by molar-refractivity contribution is 0.126. The van der Waals surface area contributed by atoms with Gasteiger partial charge in [0.15, 0.2) is 0 Å². The van der Waals surface area contributed by atoms with Crippen LogP contribution in [0.25, 0.3) is 0 Å². The molecule has 0 fully saturated rings. The highest BCUT2D eigenvalue weighted by atomic mass is 127. The summed E-state index contributed by atoms with van der Waals surface area (Å²) in [5.74, 6) is 2.54. The molecule has 0 aliphatic rings. The van der Waals surface area contributed by atoms with Crippen molar-refractivity contribution in [2.75, 3.05) is 6.61 Å². The lowest BCUT2D eigenvalue weighted by atomic mass is 10.2. The van der Waals surface area contributed by atoms with E-state index in [0.717, 1.165) is 0 Å². The monoisotopic (exact) mass is 286 g/mol. The minimum atomic E-state index is 0.640. The molecule has 1 nitrogen and oxygen atoms in total. The highest BCUT2D eigenvalue weighted by Crippen LogP contribution is 2.12. The molecule has 2 heteroatoms. The molecule has 0 bridgehead atoms. The third kappa shape index (κ3) is 3.79. The molecule has 0 aliphatic carbocycles. The molecule has 0 spiro atoms. The maximum Gasteiger partial charge on any atom is 0.0727 e. The van der Waals surface area contributed by atoms with Crippen molar-refractivity contribution in [1.82, 2.24) is 0 Å². The van der Waals surface area contributed by atoms with E-state index in [-0.39, 0.29) is 0 Å². The third-order valence-electron chi connectivity index (χ3n) is 1.61. The molecule has 0 atom stereocenters. The molecule has 0 aromatic heterocycles. The number of halogens is 1. The molecule has 13 heavy (non-hydrogen) atoms. The fourth-order valence-electron chi connectivity index (χ4n) is 0.929. The van der Waals surface area contributed by atoms with E-state index >= 15 is 0 Å². The van der Waals surface area contributed by atoms with Gasteiger partial charge < -0.3 is 4.74 Å². The Kier molecular flexibility index (Phi) is 4.87. The molecule has 1 aromatic rings. The molecule has 0 amide bonds. The van der Waals surface area contributed by atoms with E-state index in [9.17, 15) is 0 Å². The minimum absolute atomic E-state index is 0.640. The lowest BCUT2D eigenvalue weighted by Gasteiger charge is -2.03. The topological polar surface area (TPSA) is 9.23 Å². The highest BCUT2D eigenvalue weighted by molar-refractivity contribution is 14.1. The fourth-order valence-corrected chi connectivity index (χ4v) is 1.47. The van der Waals surface area contributed by atoms with E-state index in [4.69, 9.17) is 11.2 Å². The van der Waals surface area contributed by atoms with Gasteiger partial charge in [-0.05, 0) is 34.2 Å². The van der Waals surface area contributed by atoms with Crippen LogP contribution in [0.1, 0.15) is 12.0 Å². The molecular formula is C11H11IO. The number of rotatable bonds is 4. The zero-order chi connectivity index (χ0) is 9.52. The van der Waals surface area contributed by atoms with Crippen LogP contribution in [0, 0.1) is 15.9 Å². The quantitative estimate of drug-likeness (QED) is 0.470. The van der Waals surface area contributed by atoms with Gasteiger partial charge in [-0.15, -0.1) is 12.3 Å². The Balaban J connectivity index is 2.37. The molecule has 0 radical (unpaired) electrons. The van der Waals surface area contributed by atoms with Crippen LogP contribution in [-0.4, -0.2) is 6.61 Å². The zero-order valence-electron chi connectivity index (χ0n) is 7.29. The van der Waals surface area contributed by atoms with Gasteiger partial charge in [-0.25, -0.2) is 0 Å². The summed E-state index contributed by atoms with van der Waals surface area (Å²) in [6.07, 6.45) is 5.79. The largest absolute Gasteiger partial charge is 0.376 e. The van der Waals surface area contributed by atoms with Crippen LogP contribution in [0.5, 0.6) is 0 Å². The molecule has 1 aromatic carbocycles. The van der Waals surface area contributed by atoms with Crippen molar-refractivity contribution in [2.45, 2.75) is 13.0 Å². The predicted molar refractivity (Wildman–Crippen MR) is 62.3 cm³/mol. The summed E-state index contributed by atoms with van der Waals surface area (Å²) in [5.41, 5.74) is 1.22. The molecular weight excluding hydrogens is 275 g/mol. The first kappa shape index (κ1) is 10.6. The molecule has 68 valence electrons. The second-order valence-electron chi connectivity index (χ2n) is 2.60. The molecule has 0 N–H and O–H groups in total. The Bertz CT molecular complexity index is 301. The summed E-state index contributed by atoms with van der Waals surface area (Å²) in [6, 6.07) is 8.17. The standard InChI is InChI=1S/C11H11IO/c1-2-3-8-13-9-10-6-4-5-7-11(10)12/h1,4-7H,3,8-9H2. The summed E-state index contributed by atoms with van der Waals surface area (Å²) >= 11 is 2.30. The fraction of sp³-hybridized carbons (Fsp3) is 0.273. The first-order valence-corrected chi connectivity index (χ1v) is 5.17. The molecule has 0 unspecified atom stereocenters. The maximum atomic E-state index is 5.39. The van der Waals surface area contributed by atoms with Crippen molar-refractivity contribution in [2.24, 2.45) is 0 Å². The molecule has 0 heterocycles. The second kappa shape index (κ2) is 6.01. The number of benzene rings is 1. The van der Waals surface area contributed by atoms with Crippen molar-refractivity contribution in [3.05, 3.63) is 33.4 Å². The van der Waals surface area contributed by atoms with Crippen LogP contribution in [0.3, 0.4) is 0 Å². The molecule has 0 saturated heterocycles. The van der Waals surface area contributed by atoms with E-state index in [0.29, 0.717) is 19.6 Å². The van der Waals surface area contributed by atoms with Gasteiger partial charge in [0.05, 0.1) is 13.2 Å². The van der Waals surface area contributed by atoms with Crippen molar-refractivity contribution >= 4 is 22.6 Å². The number of ether oxygens (including phenoxy) is 1. The first-order valence-electron chi connectivity index (χ1n) is 4.09. The van der Waals surface area contributed by atoms with Crippen LogP contribution in [0.4, 0.5) is 0 Å². The average molecular weight is 286 g/mol. The summed E-state index contributed by atoms with van der Waals surface area (Å²) in [7, 11) is 0. The number of terminal acetylenes is 1. The van der Waals surface area contributed by atoms with E-state index in [1.165, 1.54) is 9.13 Å². The van der Waals surface area contributed by atoms with Gasteiger partial charge in [0.25, 0.3) is 0 Å². The van der Waals surface area contributed by atoms with Crippen LogP contribution in [-0.2, 0) is 11.3 Å². The van der Waals surface area contributed by atoms with Crippen molar-refractivity contribution in [1.29, 1.82) is 0 Å². The number of hydrogen-bond donors (Lipinski definition) is 0. The SMILES string of the molecule is C#CCCOCc1ccccc1I. The van der Waals surface area contributed by atoms with E-state index in [1.54, 1.807) is 0 Å². The summed E-state index contributed by atoms with van der Waals surface area (Å²) < 4.78 is 6.63. The van der Waals surface area contributed by atoms with E-state index < -0.39 is 0 Å². The van der Waals surface area contributed by atoms with Gasteiger partial charge in [0.1, 0.15) is 0 Å². The Morgan fingerprint density at radius 2 is 2.15 bits per heavy atom. The van der Waals surface area contributed by atoms with Gasteiger partial charge in [-0.1, -0.05) is 18.2 Å². The van der Waals surface area contributed by atoms with Crippen LogP contribution in [0.15, 0.2) is 24.3 Å². The lowest BCUT2D eigenvalue weighted by Crippen LogP contribution is -1.96. The predicted octanol–water partition coefficient (Wildman–Crippen LogP) is 2.83. The smallest absolute Gasteiger partial charge is 0.0727 e. The average Bonchev–Trinajstić information content (AvgIpc) is 2.15. The summed E-state index contributed by atoms with van der Waals surface area (Å²) in [4.78, 5) is 0. The van der Waals surface area contributed by atoms with Crippen LogP contribution >= 0.6 is 22.6 Å². The Hall–Kier alpha value is -0.530. The number of hydrogen-bond acceptors (Lipinski definition) is 1. The van der Waals surface area contributed by atoms with Crippen LogP contribution in [0.2, 0.25) is 0 Å². The third-order valence-corrected chi connectivity index (χ3v) is 2.66. The van der Waals surface area contributed by atoms with E-state index in [2.05, 4.69) is 40.6 Å². The van der Waals surface area contributed by atoms with Crippen molar-refractivity contribution < 1.29 is 4.74 Å². The normalized spacial score (nSPS) is 9.54. The minimum Gasteiger partial charge on any atom is -0.376 e. The van der Waals surface area contributed by atoms with Crippen molar-refractivity contribution in [3.8, 4) is 12.3 Å². The molecule has 1 rings (SSSR count). The van der Waals surface area contributed by atoms with Crippen LogP contribution < -0.4 is 0 Å². The summed E-state index contributed by atoms with van der Waals surface area (Å²) in [5, 5.41) is 0. The van der Waals surface area contributed by atoms with Gasteiger partial charge in [-0.2, -0.15) is 0 Å². The van der Waals surface area contributed by atoms with Gasteiger partial charge in [-0.3, -0.25) is 0 Å². The Labute approximate surface area is 92.6 Å².